The van der Waals surface area contributed by atoms with Crippen molar-refractivity contribution in [1.29, 1.82) is 0 Å². The number of aliphatic hydroxyl groups is 1. The molecule has 0 spiro atoms. The van der Waals surface area contributed by atoms with E-state index in [4.69, 9.17) is 14.6 Å². The third kappa shape index (κ3) is 3.47. The minimum absolute atomic E-state index is 0.0564. The van der Waals surface area contributed by atoms with Crippen LogP contribution in [0.3, 0.4) is 0 Å². The van der Waals surface area contributed by atoms with E-state index < -0.39 is 0 Å². The summed E-state index contributed by atoms with van der Waals surface area (Å²) >= 11 is 0. The van der Waals surface area contributed by atoms with Gasteiger partial charge in [-0.1, -0.05) is 0 Å². The van der Waals surface area contributed by atoms with E-state index in [2.05, 4.69) is 0 Å². The van der Waals surface area contributed by atoms with Crippen LogP contribution in [0, 0.1) is 0 Å². The van der Waals surface area contributed by atoms with Gasteiger partial charge in [0.1, 0.15) is 6.61 Å². The Bertz CT molecular complexity index is 216. The monoisotopic (exact) mass is 200 g/mol. The number of aliphatic hydroxyl groups excluding tert-OH is 1. The molecule has 1 N–H and O–H groups in total. The highest BCUT2D eigenvalue weighted by molar-refractivity contribution is 5.87. The Morgan fingerprint density at radius 2 is 2.50 bits per heavy atom. The van der Waals surface area contributed by atoms with E-state index in [1.54, 1.807) is 6.92 Å². The lowest BCUT2D eigenvalue weighted by molar-refractivity contribution is -0.142. The molecule has 14 heavy (non-hydrogen) atoms. The van der Waals surface area contributed by atoms with Gasteiger partial charge in [-0.25, -0.2) is 4.79 Å². The highest BCUT2D eigenvalue weighted by atomic mass is 16.6. The lowest BCUT2D eigenvalue weighted by atomic mass is 10.2. The molecule has 1 aliphatic heterocycles. The number of ether oxygens (including phenoxy) is 2. The highest BCUT2D eigenvalue weighted by Gasteiger charge is 2.17. The predicted octanol–water partition coefficient (Wildman–Crippen LogP) is 0.647. The average molecular weight is 200 g/mol. The lowest BCUT2D eigenvalue weighted by Crippen LogP contribution is -2.18. The summed E-state index contributed by atoms with van der Waals surface area (Å²) < 4.78 is 10.3. The number of hydrogen-bond donors (Lipinski definition) is 1. The Kier molecular flexibility index (Phi) is 4.62. The van der Waals surface area contributed by atoms with Gasteiger partial charge in [-0.3, -0.25) is 0 Å². The molecule has 0 aliphatic carbocycles. The fourth-order valence-corrected chi connectivity index (χ4v) is 1.28. The lowest BCUT2D eigenvalue weighted by Gasteiger charge is -2.09. The van der Waals surface area contributed by atoms with E-state index in [0.29, 0.717) is 12.2 Å². The molecule has 0 amide bonds. The Labute approximate surface area is 83.5 Å². The molecule has 0 aromatic heterocycles. The molecule has 0 bridgehead atoms. The van der Waals surface area contributed by atoms with Crippen molar-refractivity contribution < 1.29 is 19.4 Å². The smallest absolute Gasteiger partial charge is 0.333 e. The summed E-state index contributed by atoms with van der Waals surface area (Å²) in [4.78, 5) is 11.2. The first kappa shape index (κ1) is 11.2. The van der Waals surface area contributed by atoms with Crippen molar-refractivity contribution in [3.8, 4) is 0 Å². The van der Waals surface area contributed by atoms with Gasteiger partial charge >= 0.3 is 5.97 Å². The first-order valence-corrected chi connectivity index (χ1v) is 4.80. The number of esters is 1. The first-order chi connectivity index (χ1) is 6.74. The quantitative estimate of drug-likeness (QED) is 0.534. The molecule has 0 saturated carbocycles. The molecule has 80 valence electrons. The van der Waals surface area contributed by atoms with E-state index in [9.17, 15) is 4.79 Å². The van der Waals surface area contributed by atoms with Crippen LogP contribution >= 0.6 is 0 Å². The molecule has 1 aliphatic rings. The SMILES string of the molecule is CC(=CCO)C(=O)OCC1CCCO1. The summed E-state index contributed by atoms with van der Waals surface area (Å²) in [6.07, 6.45) is 3.47. The maximum Gasteiger partial charge on any atom is 0.333 e. The Morgan fingerprint density at radius 1 is 1.71 bits per heavy atom. The van der Waals surface area contributed by atoms with Crippen LogP contribution in [0.15, 0.2) is 11.6 Å². The molecule has 1 heterocycles. The van der Waals surface area contributed by atoms with Crippen LogP contribution < -0.4 is 0 Å². The van der Waals surface area contributed by atoms with Crippen LogP contribution in [0.4, 0.5) is 0 Å². The Balaban J connectivity index is 2.23. The van der Waals surface area contributed by atoms with Gasteiger partial charge in [0.25, 0.3) is 0 Å². The molecule has 4 heteroatoms. The van der Waals surface area contributed by atoms with Crippen LogP contribution in [0.25, 0.3) is 0 Å². The van der Waals surface area contributed by atoms with E-state index >= 15 is 0 Å². The summed E-state index contributed by atoms with van der Waals surface area (Å²) in [5.74, 6) is -0.380. The van der Waals surface area contributed by atoms with E-state index in [1.807, 2.05) is 0 Å². The van der Waals surface area contributed by atoms with E-state index in [1.165, 1.54) is 6.08 Å². The molecule has 1 rings (SSSR count). The van der Waals surface area contributed by atoms with Crippen molar-refractivity contribution >= 4 is 5.97 Å². The van der Waals surface area contributed by atoms with E-state index in [-0.39, 0.29) is 18.7 Å². The van der Waals surface area contributed by atoms with Crippen molar-refractivity contribution in [1.82, 2.24) is 0 Å². The Hall–Kier alpha value is -0.870. The van der Waals surface area contributed by atoms with Crippen LogP contribution in [-0.4, -0.2) is 37.0 Å². The van der Waals surface area contributed by atoms with Crippen LogP contribution in [-0.2, 0) is 14.3 Å². The highest BCUT2D eigenvalue weighted by Crippen LogP contribution is 2.12. The summed E-state index contributed by atoms with van der Waals surface area (Å²) in [6, 6.07) is 0. The van der Waals surface area contributed by atoms with Gasteiger partial charge in [0, 0.05) is 12.2 Å². The molecular weight excluding hydrogens is 184 g/mol. The van der Waals surface area contributed by atoms with Gasteiger partial charge in [0.2, 0.25) is 0 Å². The fourth-order valence-electron chi connectivity index (χ4n) is 1.28. The summed E-state index contributed by atoms with van der Waals surface area (Å²) in [6.45, 7) is 2.55. The van der Waals surface area contributed by atoms with Gasteiger partial charge in [-0.05, 0) is 25.8 Å². The molecule has 1 fully saturated rings. The predicted molar refractivity (Wildman–Crippen MR) is 50.8 cm³/mol. The topological polar surface area (TPSA) is 55.8 Å². The minimum atomic E-state index is -0.380. The zero-order valence-electron chi connectivity index (χ0n) is 8.36. The minimum Gasteiger partial charge on any atom is -0.460 e. The zero-order chi connectivity index (χ0) is 10.4. The first-order valence-electron chi connectivity index (χ1n) is 4.80. The molecule has 1 saturated heterocycles. The van der Waals surface area contributed by atoms with Crippen molar-refractivity contribution in [2.75, 3.05) is 19.8 Å². The largest absolute Gasteiger partial charge is 0.460 e. The number of rotatable bonds is 4. The number of carbonyl (C=O) groups excluding carboxylic acids is 1. The molecule has 1 unspecified atom stereocenters. The van der Waals surface area contributed by atoms with Gasteiger partial charge < -0.3 is 14.6 Å². The number of hydrogen-bond acceptors (Lipinski definition) is 4. The summed E-state index contributed by atoms with van der Waals surface area (Å²) in [7, 11) is 0. The zero-order valence-corrected chi connectivity index (χ0v) is 8.36. The summed E-state index contributed by atoms with van der Waals surface area (Å²) in [5, 5.41) is 8.56. The standard InChI is InChI=1S/C10H16O4/c1-8(4-5-11)10(12)14-7-9-3-2-6-13-9/h4,9,11H,2-3,5-7H2,1H3. The third-order valence-electron chi connectivity index (χ3n) is 2.14. The third-order valence-corrected chi connectivity index (χ3v) is 2.14. The van der Waals surface area contributed by atoms with Crippen LogP contribution in [0.2, 0.25) is 0 Å². The van der Waals surface area contributed by atoms with Crippen molar-refractivity contribution in [2.45, 2.75) is 25.9 Å². The second kappa shape index (κ2) is 5.78. The van der Waals surface area contributed by atoms with E-state index in [0.717, 1.165) is 19.4 Å². The van der Waals surface area contributed by atoms with Crippen LogP contribution in [0.5, 0.6) is 0 Å². The number of carbonyl (C=O) groups is 1. The van der Waals surface area contributed by atoms with Crippen molar-refractivity contribution in [3.63, 3.8) is 0 Å². The second-order valence-corrected chi connectivity index (χ2v) is 3.30. The maximum atomic E-state index is 11.2. The molecule has 4 nitrogen and oxygen atoms in total. The summed E-state index contributed by atoms with van der Waals surface area (Å²) in [5.41, 5.74) is 0.436. The second-order valence-electron chi connectivity index (χ2n) is 3.30. The Morgan fingerprint density at radius 3 is 3.07 bits per heavy atom. The van der Waals surface area contributed by atoms with Gasteiger partial charge in [0.05, 0.1) is 12.7 Å². The normalized spacial score (nSPS) is 22.4. The van der Waals surface area contributed by atoms with Crippen molar-refractivity contribution in [3.05, 3.63) is 11.6 Å². The molecular formula is C10H16O4. The van der Waals surface area contributed by atoms with Crippen molar-refractivity contribution in [2.24, 2.45) is 0 Å². The van der Waals surface area contributed by atoms with Crippen LogP contribution in [0.1, 0.15) is 19.8 Å². The fraction of sp³-hybridized carbons (Fsp3) is 0.700. The maximum absolute atomic E-state index is 11.2. The van der Waals surface area contributed by atoms with Gasteiger partial charge in [0.15, 0.2) is 0 Å². The average Bonchev–Trinajstić information content (AvgIpc) is 2.67. The molecule has 0 aromatic rings. The molecule has 0 aromatic carbocycles. The molecule has 0 radical (unpaired) electrons. The molecule has 1 atom stereocenters. The van der Waals surface area contributed by atoms with Gasteiger partial charge in [-0.15, -0.1) is 0 Å². The van der Waals surface area contributed by atoms with Gasteiger partial charge in [-0.2, -0.15) is 0 Å².